The zero-order valence-corrected chi connectivity index (χ0v) is 17.8. The lowest BCUT2D eigenvalue weighted by molar-refractivity contribution is -0.137. The summed E-state index contributed by atoms with van der Waals surface area (Å²) in [5, 5.41) is 6.01. The Balaban J connectivity index is 1.56. The Kier molecular flexibility index (Phi) is 6.32. The quantitative estimate of drug-likeness (QED) is 0.550. The van der Waals surface area contributed by atoms with E-state index in [1.54, 1.807) is 6.07 Å². The molecule has 1 aliphatic carbocycles. The topological polar surface area (TPSA) is 41.1 Å². The van der Waals surface area contributed by atoms with Crippen molar-refractivity contribution in [1.29, 1.82) is 0 Å². The van der Waals surface area contributed by atoms with Gasteiger partial charge in [0.05, 0.1) is 5.56 Å². The van der Waals surface area contributed by atoms with Crippen LogP contribution in [0.5, 0.6) is 0 Å². The average molecular weight is 447 g/mol. The fourth-order valence-electron chi connectivity index (χ4n) is 4.65. The number of carbonyl (C=O) groups is 1. The van der Waals surface area contributed by atoms with Crippen LogP contribution in [-0.4, -0.2) is 11.4 Å². The third kappa shape index (κ3) is 5.09. The van der Waals surface area contributed by atoms with Gasteiger partial charge in [0.15, 0.2) is 0 Å². The second-order valence-electron chi connectivity index (χ2n) is 8.25. The Bertz CT molecular complexity index is 966. The van der Waals surface area contributed by atoms with E-state index in [0.29, 0.717) is 17.1 Å². The number of alkyl halides is 3. The van der Waals surface area contributed by atoms with Crippen molar-refractivity contribution in [2.75, 3.05) is 0 Å². The number of nitrogens with one attached hydrogen (secondary N) is 2. The molecule has 2 aromatic carbocycles. The highest BCUT2D eigenvalue weighted by Crippen LogP contribution is 2.40. The molecular formula is C24H25F3N2OS. The van der Waals surface area contributed by atoms with E-state index in [1.807, 2.05) is 6.07 Å². The fourth-order valence-corrected chi connectivity index (χ4v) is 4.90. The number of carbonyl (C=O) groups excluding carboxylic acids is 1. The molecule has 0 aromatic heterocycles. The van der Waals surface area contributed by atoms with Crippen LogP contribution in [-0.2, 0) is 17.4 Å². The van der Waals surface area contributed by atoms with Crippen molar-refractivity contribution in [3.8, 4) is 0 Å². The van der Waals surface area contributed by atoms with Crippen LogP contribution in [0.3, 0.4) is 0 Å². The van der Waals surface area contributed by atoms with E-state index in [0.717, 1.165) is 43.5 Å². The number of hydrogen-bond acceptors (Lipinski definition) is 3. The SMILES string of the molecule is O=C1NC(S)NC(C2CCC(c3ccccc3)CC2)=C1Cc1cccc(C(F)(F)F)c1. The van der Waals surface area contributed by atoms with Gasteiger partial charge in [-0.1, -0.05) is 48.5 Å². The zero-order chi connectivity index (χ0) is 22.0. The first-order chi connectivity index (χ1) is 14.8. The van der Waals surface area contributed by atoms with Gasteiger partial charge in [-0.2, -0.15) is 13.2 Å². The summed E-state index contributed by atoms with van der Waals surface area (Å²) in [4.78, 5) is 12.7. The molecule has 1 aliphatic heterocycles. The predicted molar refractivity (Wildman–Crippen MR) is 117 cm³/mol. The molecule has 2 aromatic rings. The molecule has 1 atom stereocenters. The lowest BCUT2D eigenvalue weighted by atomic mass is 9.76. The summed E-state index contributed by atoms with van der Waals surface area (Å²) in [7, 11) is 0. The highest BCUT2D eigenvalue weighted by molar-refractivity contribution is 7.80. The van der Waals surface area contributed by atoms with Crippen LogP contribution in [0.25, 0.3) is 0 Å². The Morgan fingerprint density at radius 2 is 1.58 bits per heavy atom. The molecule has 1 unspecified atom stereocenters. The van der Waals surface area contributed by atoms with Gasteiger partial charge in [-0.05, 0) is 54.7 Å². The maximum Gasteiger partial charge on any atom is 0.416 e. The van der Waals surface area contributed by atoms with Gasteiger partial charge >= 0.3 is 6.18 Å². The van der Waals surface area contributed by atoms with Crippen LogP contribution >= 0.6 is 12.6 Å². The smallest absolute Gasteiger partial charge is 0.360 e. The van der Waals surface area contributed by atoms with Gasteiger partial charge in [0, 0.05) is 17.7 Å². The van der Waals surface area contributed by atoms with Crippen molar-refractivity contribution >= 4 is 18.5 Å². The molecule has 1 saturated carbocycles. The summed E-state index contributed by atoms with van der Waals surface area (Å²) in [6, 6.07) is 15.6. The molecule has 0 radical (unpaired) electrons. The zero-order valence-electron chi connectivity index (χ0n) is 17.0. The van der Waals surface area contributed by atoms with Crippen molar-refractivity contribution in [1.82, 2.24) is 10.6 Å². The van der Waals surface area contributed by atoms with E-state index >= 15 is 0 Å². The minimum atomic E-state index is -4.41. The first kappa shape index (κ1) is 21.8. The van der Waals surface area contributed by atoms with Gasteiger partial charge < -0.3 is 10.6 Å². The first-order valence-corrected chi connectivity index (χ1v) is 11.0. The number of hydrogen-bond donors (Lipinski definition) is 3. The highest BCUT2D eigenvalue weighted by atomic mass is 32.1. The molecule has 2 N–H and O–H groups in total. The van der Waals surface area contributed by atoms with Crippen molar-refractivity contribution in [2.45, 2.75) is 49.7 Å². The first-order valence-electron chi connectivity index (χ1n) is 10.5. The van der Waals surface area contributed by atoms with E-state index in [4.69, 9.17) is 0 Å². The van der Waals surface area contributed by atoms with E-state index in [9.17, 15) is 18.0 Å². The van der Waals surface area contributed by atoms with Crippen molar-refractivity contribution in [3.05, 3.63) is 82.6 Å². The van der Waals surface area contributed by atoms with Gasteiger partial charge in [-0.15, -0.1) is 12.6 Å². The molecule has 7 heteroatoms. The number of amides is 1. The van der Waals surface area contributed by atoms with Gasteiger partial charge in [0.25, 0.3) is 5.91 Å². The Labute approximate surface area is 185 Å². The predicted octanol–water partition coefficient (Wildman–Crippen LogP) is 5.41. The molecule has 1 fully saturated rings. The van der Waals surface area contributed by atoms with E-state index in [1.165, 1.54) is 11.6 Å². The monoisotopic (exact) mass is 446 g/mol. The van der Waals surface area contributed by atoms with Crippen LogP contribution in [0, 0.1) is 5.92 Å². The van der Waals surface area contributed by atoms with E-state index < -0.39 is 17.2 Å². The normalized spacial score (nSPS) is 24.5. The Morgan fingerprint density at radius 1 is 0.903 bits per heavy atom. The van der Waals surface area contributed by atoms with Gasteiger partial charge in [-0.3, -0.25) is 4.79 Å². The number of thiol groups is 1. The number of rotatable bonds is 4. The van der Waals surface area contributed by atoms with E-state index in [-0.39, 0.29) is 18.2 Å². The second-order valence-corrected chi connectivity index (χ2v) is 8.76. The molecule has 164 valence electrons. The maximum absolute atomic E-state index is 13.1. The lowest BCUT2D eigenvalue weighted by Crippen LogP contribution is -2.49. The van der Waals surface area contributed by atoms with Crippen molar-refractivity contribution in [3.63, 3.8) is 0 Å². The largest absolute Gasteiger partial charge is 0.416 e. The highest BCUT2D eigenvalue weighted by Gasteiger charge is 2.33. The van der Waals surface area contributed by atoms with E-state index in [2.05, 4.69) is 47.5 Å². The molecule has 3 nitrogen and oxygen atoms in total. The molecule has 0 spiro atoms. The number of halogens is 3. The molecule has 0 bridgehead atoms. The molecule has 4 rings (SSSR count). The molecule has 2 aliphatic rings. The Hall–Kier alpha value is -2.41. The summed E-state index contributed by atoms with van der Waals surface area (Å²) in [6.07, 6.45) is -0.405. The van der Waals surface area contributed by atoms with Crippen LogP contribution in [0.15, 0.2) is 65.9 Å². The summed E-state index contributed by atoms with van der Waals surface area (Å²) in [5.41, 5.74) is 1.93. The summed E-state index contributed by atoms with van der Waals surface area (Å²) in [6.45, 7) is 0. The molecule has 1 amide bonds. The fraction of sp³-hybridized carbons (Fsp3) is 0.375. The van der Waals surface area contributed by atoms with Gasteiger partial charge in [0.2, 0.25) is 0 Å². The second kappa shape index (κ2) is 8.99. The molecule has 1 heterocycles. The Morgan fingerprint density at radius 3 is 2.26 bits per heavy atom. The third-order valence-corrected chi connectivity index (χ3v) is 6.46. The molecule has 0 saturated heterocycles. The van der Waals surface area contributed by atoms with Gasteiger partial charge in [0.1, 0.15) is 5.50 Å². The minimum Gasteiger partial charge on any atom is -0.360 e. The minimum absolute atomic E-state index is 0.150. The van der Waals surface area contributed by atoms with Gasteiger partial charge in [-0.25, -0.2) is 0 Å². The molecular weight excluding hydrogens is 421 g/mol. The number of benzene rings is 2. The average Bonchev–Trinajstić information content (AvgIpc) is 2.76. The molecule has 31 heavy (non-hydrogen) atoms. The summed E-state index contributed by atoms with van der Waals surface area (Å²) < 4.78 is 39.3. The van der Waals surface area contributed by atoms with Crippen LogP contribution in [0.1, 0.15) is 48.3 Å². The van der Waals surface area contributed by atoms with Crippen LogP contribution in [0.2, 0.25) is 0 Å². The summed E-state index contributed by atoms with van der Waals surface area (Å²) >= 11 is 4.37. The number of allylic oxidation sites excluding steroid dienone is 1. The van der Waals surface area contributed by atoms with Crippen molar-refractivity contribution < 1.29 is 18.0 Å². The van der Waals surface area contributed by atoms with Crippen LogP contribution in [0.4, 0.5) is 13.2 Å². The lowest BCUT2D eigenvalue weighted by Gasteiger charge is -2.36. The summed E-state index contributed by atoms with van der Waals surface area (Å²) in [5.74, 6) is 0.395. The van der Waals surface area contributed by atoms with Crippen molar-refractivity contribution in [2.24, 2.45) is 5.92 Å². The third-order valence-electron chi connectivity index (χ3n) is 6.20. The van der Waals surface area contributed by atoms with Crippen LogP contribution < -0.4 is 10.6 Å². The standard InChI is InChI=1S/C24H25F3N2OS/c25-24(26,27)19-8-4-5-15(13-19)14-20-21(28-23(31)29-22(20)30)18-11-9-17(10-12-18)16-6-2-1-3-7-16/h1-8,13,17-18,23,28,31H,9-12,14H2,(H,29,30). The maximum atomic E-state index is 13.1.